The predicted molar refractivity (Wildman–Crippen MR) is 115 cm³/mol. The molecule has 154 valence electrons. The van der Waals surface area contributed by atoms with Gasteiger partial charge in [-0.1, -0.05) is 36.4 Å². The maximum atomic E-state index is 13.2. The molecule has 1 atom stereocenters. The van der Waals surface area contributed by atoms with E-state index in [1.54, 1.807) is 12.1 Å². The molecular formula is C24H25FN4O. The van der Waals surface area contributed by atoms with Crippen LogP contribution in [0.5, 0.6) is 0 Å². The molecule has 6 heteroatoms. The monoisotopic (exact) mass is 404 g/mol. The molecule has 0 bridgehead atoms. The first kappa shape index (κ1) is 20.2. The Hall–Kier alpha value is -3.09. The third kappa shape index (κ3) is 5.09. The van der Waals surface area contributed by atoms with Gasteiger partial charge < -0.3 is 5.32 Å². The maximum absolute atomic E-state index is 13.2. The number of hydrogen-bond donors (Lipinski definition) is 1. The van der Waals surface area contributed by atoms with Crippen LogP contribution in [-0.4, -0.2) is 46.9 Å². The Kier molecular flexibility index (Phi) is 6.47. The average Bonchev–Trinajstić information content (AvgIpc) is 2.78. The molecule has 0 radical (unpaired) electrons. The summed E-state index contributed by atoms with van der Waals surface area (Å²) in [6.07, 6.45) is 1.82. The summed E-state index contributed by atoms with van der Waals surface area (Å²) in [5.41, 5.74) is 2.60. The molecule has 0 spiro atoms. The Morgan fingerprint density at radius 2 is 1.63 bits per heavy atom. The van der Waals surface area contributed by atoms with Gasteiger partial charge >= 0.3 is 0 Å². The van der Waals surface area contributed by atoms with Crippen LogP contribution in [0.15, 0.2) is 79.0 Å². The standard InChI is InChI=1S/C24H25FN4O/c25-20-9-11-21(12-10-20)27-24(30)23(19-6-2-1-3-7-19)29-16-14-28(15-17-29)18-22-8-4-5-13-26-22/h1-13,23H,14-18H2,(H,27,30). The van der Waals surface area contributed by atoms with Crippen LogP contribution in [0.1, 0.15) is 17.3 Å². The van der Waals surface area contributed by atoms with Crippen LogP contribution in [0, 0.1) is 5.82 Å². The number of anilines is 1. The number of benzene rings is 2. The van der Waals surface area contributed by atoms with Crippen molar-refractivity contribution in [3.8, 4) is 0 Å². The van der Waals surface area contributed by atoms with Crippen molar-refractivity contribution in [3.05, 3.63) is 96.1 Å². The molecule has 0 saturated carbocycles. The molecule has 3 aromatic rings. The van der Waals surface area contributed by atoms with Gasteiger partial charge in [-0.3, -0.25) is 19.6 Å². The lowest BCUT2D eigenvalue weighted by Crippen LogP contribution is -2.49. The minimum atomic E-state index is -0.395. The van der Waals surface area contributed by atoms with Crippen molar-refractivity contribution in [2.45, 2.75) is 12.6 Å². The van der Waals surface area contributed by atoms with E-state index in [0.29, 0.717) is 5.69 Å². The average molecular weight is 404 g/mol. The zero-order chi connectivity index (χ0) is 20.8. The number of nitrogens with zero attached hydrogens (tertiary/aromatic N) is 3. The topological polar surface area (TPSA) is 48.5 Å². The smallest absolute Gasteiger partial charge is 0.246 e. The summed E-state index contributed by atoms with van der Waals surface area (Å²) in [6, 6.07) is 21.2. The van der Waals surface area contributed by atoms with E-state index in [1.165, 1.54) is 12.1 Å². The van der Waals surface area contributed by atoms with Crippen molar-refractivity contribution in [3.63, 3.8) is 0 Å². The summed E-state index contributed by atoms with van der Waals surface area (Å²) in [6.45, 7) is 4.10. The van der Waals surface area contributed by atoms with E-state index in [2.05, 4.69) is 20.1 Å². The molecule has 1 fully saturated rings. The SMILES string of the molecule is O=C(Nc1ccc(F)cc1)C(c1ccccc1)N1CCN(Cc2ccccn2)CC1. The number of amides is 1. The van der Waals surface area contributed by atoms with Crippen LogP contribution in [0.2, 0.25) is 0 Å². The van der Waals surface area contributed by atoms with Crippen molar-refractivity contribution >= 4 is 11.6 Å². The summed E-state index contributed by atoms with van der Waals surface area (Å²) in [7, 11) is 0. The molecule has 1 aliphatic rings. The van der Waals surface area contributed by atoms with E-state index in [9.17, 15) is 9.18 Å². The quantitative estimate of drug-likeness (QED) is 0.680. The lowest BCUT2D eigenvalue weighted by atomic mass is 10.0. The molecule has 1 amide bonds. The Bertz CT molecular complexity index is 942. The molecule has 2 heterocycles. The van der Waals surface area contributed by atoms with E-state index in [0.717, 1.165) is 44.0 Å². The number of pyridine rings is 1. The molecule has 30 heavy (non-hydrogen) atoms. The van der Waals surface area contributed by atoms with Gasteiger partial charge in [-0.15, -0.1) is 0 Å². The lowest BCUT2D eigenvalue weighted by molar-refractivity contribution is -0.122. The summed E-state index contributed by atoms with van der Waals surface area (Å²) in [5.74, 6) is -0.428. The Morgan fingerprint density at radius 1 is 0.933 bits per heavy atom. The van der Waals surface area contributed by atoms with Gasteiger partial charge in [0.25, 0.3) is 0 Å². The van der Waals surface area contributed by atoms with Crippen LogP contribution >= 0.6 is 0 Å². The Balaban J connectivity index is 1.45. The molecule has 1 N–H and O–H groups in total. The number of carbonyl (C=O) groups is 1. The van der Waals surface area contributed by atoms with Crippen molar-refractivity contribution in [2.75, 3.05) is 31.5 Å². The number of hydrogen-bond acceptors (Lipinski definition) is 4. The molecule has 1 saturated heterocycles. The zero-order valence-corrected chi connectivity index (χ0v) is 16.7. The van der Waals surface area contributed by atoms with Crippen molar-refractivity contribution < 1.29 is 9.18 Å². The second-order valence-corrected chi connectivity index (χ2v) is 7.44. The first-order valence-electron chi connectivity index (χ1n) is 10.2. The van der Waals surface area contributed by atoms with Crippen LogP contribution in [0.25, 0.3) is 0 Å². The van der Waals surface area contributed by atoms with Gasteiger partial charge in [-0.2, -0.15) is 0 Å². The maximum Gasteiger partial charge on any atom is 0.246 e. The Morgan fingerprint density at radius 3 is 2.30 bits per heavy atom. The van der Waals surface area contributed by atoms with Gasteiger partial charge in [0.05, 0.1) is 5.69 Å². The third-order valence-electron chi connectivity index (χ3n) is 5.36. The first-order chi connectivity index (χ1) is 14.7. The van der Waals surface area contributed by atoms with Gasteiger partial charge in [0.1, 0.15) is 11.9 Å². The third-order valence-corrected chi connectivity index (χ3v) is 5.36. The highest BCUT2D eigenvalue weighted by atomic mass is 19.1. The zero-order valence-electron chi connectivity index (χ0n) is 16.7. The lowest BCUT2D eigenvalue weighted by Gasteiger charge is -2.38. The summed E-state index contributed by atoms with van der Waals surface area (Å²) < 4.78 is 13.2. The van der Waals surface area contributed by atoms with Gasteiger partial charge in [0, 0.05) is 44.6 Å². The normalized spacial score (nSPS) is 16.2. The molecule has 2 aromatic carbocycles. The number of piperazine rings is 1. The highest BCUT2D eigenvalue weighted by Gasteiger charge is 2.30. The van der Waals surface area contributed by atoms with E-state index in [4.69, 9.17) is 0 Å². The minimum absolute atomic E-state index is 0.106. The van der Waals surface area contributed by atoms with E-state index in [1.807, 2.05) is 54.7 Å². The fourth-order valence-corrected chi connectivity index (χ4v) is 3.81. The van der Waals surface area contributed by atoms with Gasteiger partial charge in [-0.05, 0) is 42.0 Å². The fraction of sp³-hybridized carbons (Fsp3) is 0.250. The van der Waals surface area contributed by atoms with Gasteiger partial charge in [0.15, 0.2) is 0 Å². The number of carbonyl (C=O) groups excluding carboxylic acids is 1. The fourth-order valence-electron chi connectivity index (χ4n) is 3.81. The van der Waals surface area contributed by atoms with Crippen LogP contribution in [-0.2, 0) is 11.3 Å². The van der Waals surface area contributed by atoms with E-state index >= 15 is 0 Å². The molecule has 4 rings (SSSR count). The van der Waals surface area contributed by atoms with Crippen LogP contribution in [0.4, 0.5) is 10.1 Å². The molecule has 1 aliphatic heterocycles. The highest BCUT2D eigenvalue weighted by Crippen LogP contribution is 2.25. The van der Waals surface area contributed by atoms with Crippen molar-refractivity contribution in [1.29, 1.82) is 0 Å². The van der Waals surface area contributed by atoms with Gasteiger partial charge in [-0.25, -0.2) is 4.39 Å². The molecule has 5 nitrogen and oxygen atoms in total. The van der Waals surface area contributed by atoms with Crippen molar-refractivity contribution in [2.24, 2.45) is 0 Å². The summed E-state index contributed by atoms with van der Waals surface area (Å²) in [5, 5.41) is 2.95. The molecule has 0 aliphatic carbocycles. The van der Waals surface area contributed by atoms with Crippen molar-refractivity contribution in [1.82, 2.24) is 14.8 Å². The van der Waals surface area contributed by atoms with Crippen LogP contribution in [0.3, 0.4) is 0 Å². The largest absolute Gasteiger partial charge is 0.324 e. The number of nitrogens with one attached hydrogen (secondary N) is 1. The minimum Gasteiger partial charge on any atom is -0.324 e. The molecule has 1 aromatic heterocycles. The van der Waals surface area contributed by atoms with Gasteiger partial charge in [0.2, 0.25) is 5.91 Å². The number of halogens is 1. The number of rotatable bonds is 6. The highest BCUT2D eigenvalue weighted by molar-refractivity contribution is 5.95. The van der Waals surface area contributed by atoms with E-state index in [-0.39, 0.29) is 11.7 Å². The Labute approximate surface area is 176 Å². The van der Waals surface area contributed by atoms with E-state index < -0.39 is 6.04 Å². The summed E-state index contributed by atoms with van der Waals surface area (Å²) in [4.78, 5) is 22.2. The molecule has 1 unspecified atom stereocenters. The second-order valence-electron chi connectivity index (χ2n) is 7.44. The molecular weight excluding hydrogens is 379 g/mol. The van der Waals surface area contributed by atoms with Crippen LogP contribution < -0.4 is 5.32 Å². The number of aromatic nitrogens is 1. The summed E-state index contributed by atoms with van der Waals surface area (Å²) >= 11 is 0. The first-order valence-corrected chi connectivity index (χ1v) is 10.2. The predicted octanol–water partition coefficient (Wildman–Crippen LogP) is 3.72. The second kappa shape index (κ2) is 9.61.